The first kappa shape index (κ1) is 36.8. The Balaban J connectivity index is 1.35. The standard InChI is InChI=1S/C44H35N3O10/c1-2-25-55-40(49)35-37-41(50)57-38(29-13-7-4-8-14-29)36(28-11-5-3-6-12-28)46(37)39(30-19-23-32(48)24-20-30)44(35)33-15-9-10-16-34(33)45(42(44)51)43(52)56-26-27-17-21-31(22-18-27)47(53)54/h2-24,35-39,48H,1,25-26H2/t35-,36-,37-,38+,39+,44-/m0/s1. The van der Waals surface area contributed by atoms with E-state index in [1.807, 2.05) is 65.6 Å². The molecule has 5 aromatic carbocycles. The predicted molar refractivity (Wildman–Crippen MR) is 204 cm³/mol. The van der Waals surface area contributed by atoms with Gasteiger partial charge in [-0.15, -0.1) is 0 Å². The molecule has 1 spiro atoms. The molecule has 8 rings (SSSR count). The van der Waals surface area contributed by atoms with Crippen LogP contribution in [-0.2, 0) is 40.6 Å². The van der Waals surface area contributed by atoms with Gasteiger partial charge in [0.25, 0.3) is 5.69 Å². The highest BCUT2D eigenvalue weighted by Crippen LogP contribution is 2.66. The van der Waals surface area contributed by atoms with Crippen molar-refractivity contribution in [2.24, 2.45) is 5.92 Å². The molecule has 3 aliphatic heterocycles. The van der Waals surface area contributed by atoms with Gasteiger partial charge in [0.2, 0.25) is 5.91 Å². The fraction of sp³-hybridized carbons (Fsp3) is 0.182. The van der Waals surface area contributed by atoms with E-state index >= 15 is 4.79 Å². The number of cyclic esters (lactones) is 1. The molecule has 13 heteroatoms. The van der Waals surface area contributed by atoms with E-state index in [0.29, 0.717) is 16.7 Å². The number of aromatic hydroxyl groups is 1. The van der Waals surface area contributed by atoms with Crippen LogP contribution in [0.2, 0.25) is 0 Å². The second-order valence-corrected chi connectivity index (χ2v) is 13.9. The summed E-state index contributed by atoms with van der Waals surface area (Å²) < 4.78 is 17.8. The van der Waals surface area contributed by atoms with Crippen molar-refractivity contribution in [2.75, 3.05) is 11.5 Å². The SMILES string of the molecule is C=CCOC(=O)[C@@H]1[C@H]2C(=O)O[C@H](c3ccccc3)[C@H](c3ccccc3)N2[C@H](c2ccc(O)cc2)[C@@]12C(=O)N(C(=O)OCc1ccc([N+](=O)[O-])cc1)c1ccccc12. The number of carbonyl (C=O) groups is 4. The van der Waals surface area contributed by atoms with E-state index in [0.717, 1.165) is 10.5 Å². The number of phenols is 1. The number of fused-ring (bicyclic) bond motifs is 3. The number of anilines is 1. The fourth-order valence-electron chi connectivity index (χ4n) is 8.62. The molecular formula is C44H35N3O10. The summed E-state index contributed by atoms with van der Waals surface area (Å²) in [7, 11) is 0. The third-order valence-electron chi connectivity index (χ3n) is 10.9. The molecule has 5 aromatic rings. The Morgan fingerprint density at radius 1 is 0.807 bits per heavy atom. The Morgan fingerprint density at radius 2 is 1.44 bits per heavy atom. The Bertz CT molecular complexity index is 2370. The summed E-state index contributed by atoms with van der Waals surface area (Å²) in [4.78, 5) is 72.9. The number of para-hydroxylation sites is 1. The third kappa shape index (κ3) is 6.08. The van der Waals surface area contributed by atoms with E-state index in [4.69, 9.17) is 14.2 Å². The third-order valence-corrected chi connectivity index (χ3v) is 10.9. The molecule has 0 saturated carbocycles. The predicted octanol–water partition coefficient (Wildman–Crippen LogP) is 7.03. The first-order valence-corrected chi connectivity index (χ1v) is 18.1. The molecule has 3 aliphatic rings. The summed E-state index contributed by atoms with van der Waals surface area (Å²) in [5, 5.41) is 21.7. The van der Waals surface area contributed by atoms with Gasteiger partial charge < -0.3 is 19.3 Å². The van der Waals surface area contributed by atoms with Gasteiger partial charge >= 0.3 is 18.0 Å². The maximum Gasteiger partial charge on any atom is 0.421 e. The molecule has 2 amide bonds. The molecule has 0 aromatic heterocycles. The largest absolute Gasteiger partial charge is 0.508 e. The number of phenolic OH excluding ortho intramolecular Hbond substituents is 1. The van der Waals surface area contributed by atoms with Crippen molar-refractivity contribution in [1.82, 2.24) is 4.90 Å². The fourth-order valence-corrected chi connectivity index (χ4v) is 8.62. The second kappa shape index (κ2) is 14.8. The van der Waals surface area contributed by atoms with E-state index in [1.54, 1.807) is 36.4 Å². The van der Waals surface area contributed by atoms with Crippen LogP contribution in [0, 0.1) is 16.0 Å². The quantitative estimate of drug-likeness (QED) is 0.0538. The maximum absolute atomic E-state index is 15.7. The van der Waals surface area contributed by atoms with Gasteiger partial charge in [-0.1, -0.05) is 104 Å². The zero-order valence-corrected chi connectivity index (χ0v) is 30.3. The van der Waals surface area contributed by atoms with Crippen LogP contribution in [0.4, 0.5) is 16.2 Å². The normalized spacial score (nSPS) is 23.6. The van der Waals surface area contributed by atoms with Crippen LogP contribution in [0.5, 0.6) is 5.75 Å². The molecule has 0 bridgehead atoms. The number of hydrogen-bond acceptors (Lipinski definition) is 11. The summed E-state index contributed by atoms with van der Waals surface area (Å²) in [6.07, 6.45) is -0.607. The van der Waals surface area contributed by atoms with Crippen LogP contribution in [0.3, 0.4) is 0 Å². The lowest BCUT2D eigenvalue weighted by Gasteiger charge is -2.46. The number of hydrogen-bond donors (Lipinski definition) is 1. The summed E-state index contributed by atoms with van der Waals surface area (Å²) in [6.45, 7) is 3.11. The molecule has 6 atom stereocenters. The molecule has 2 saturated heterocycles. The molecule has 3 heterocycles. The monoisotopic (exact) mass is 765 g/mol. The number of rotatable bonds is 9. The maximum atomic E-state index is 15.7. The Labute approximate surface area is 326 Å². The number of ether oxygens (including phenoxy) is 3. The molecule has 0 aliphatic carbocycles. The highest BCUT2D eigenvalue weighted by atomic mass is 16.6. The minimum absolute atomic E-state index is 0.0567. The van der Waals surface area contributed by atoms with Crippen LogP contribution in [-0.4, -0.2) is 51.5 Å². The molecule has 13 nitrogen and oxygen atoms in total. The van der Waals surface area contributed by atoms with Gasteiger partial charge in [0.1, 0.15) is 42.4 Å². The van der Waals surface area contributed by atoms with Crippen molar-refractivity contribution in [3.05, 3.63) is 184 Å². The van der Waals surface area contributed by atoms with Gasteiger partial charge in [0.05, 0.1) is 22.7 Å². The first-order chi connectivity index (χ1) is 27.7. The molecule has 286 valence electrons. The number of nitrogens with zero attached hydrogens (tertiary/aromatic N) is 3. The van der Waals surface area contributed by atoms with Crippen LogP contribution in [0.25, 0.3) is 0 Å². The molecule has 0 unspecified atom stereocenters. The van der Waals surface area contributed by atoms with Crippen molar-refractivity contribution >= 4 is 35.3 Å². The summed E-state index contributed by atoms with van der Waals surface area (Å²) >= 11 is 0. The zero-order valence-electron chi connectivity index (χ0n) is 30.3. The van der Waals surface area contributed by atoms with Gasteiger partial charge in [-0.25, -0.2) is 9.69 Å². The number of imide groups is 1. The number of morpholine rings is 1. The average Bonchev–Trinajstić information content (AvgIpc) is 3.69. The van der Waals surface area contributed by atoms with Gasteiger partial charge in [0, 0.05) is 12.1 Å². The van der Waals surface area contributed by atoms with E-state index in [9.17, 15) is 29.6 Å². The van der Waals surface area contributed by atoms with Crippen LogP contribution in [0.1, 0.15) is 46.0 Å². The minimum atomic E-state index is -2.01. The first-order valence-electron chi connectivity index (χ1n) is 18.1. The van der Waals surface area contributed by atoms with Crippen molar-refractivity contribution in [3.63, 3.8) is 0 Å². The molecule has 0 radical (unpaired) electrons. The summed E-state index contributed by atoms with van der Waals surface area (Å²) in [5.74, 6) is -4.15. The van der Waals surface area contributed by atoms with Crippen molar-refractivity contribution < 1.29 is 43.4 Å². The molecule has 57 heavy (non-hydrogen) atoms. The molecule has 2 fully saturated rings. The van der Waals surface area contributed by atoms with Crippen LogP contribution in [0.15, 0.2) is 146 Å². The topological polar surface area (TPSA) is 166 Å². The van der Waals surface area contributed by atoms with Crippen LogP contribution >= 0.6 is 0 Å². The lowest BCUT2D eigenvalue weighted by atomic mass is 9.65. The number of esters is 2. The number of nitro groups is 1. The van der Waals surface area contributed by atoms with Gasteiger partial charge in [0.15, 0.2) is 0 Å². The Morgan fingerprint density at radius 3 is 2.09 bits per heavy atom. The number of nitro benzene ring substituents is 1. The van der Waals surface area contributed by atoms with E-state index in [1.165, 1.54) is 42.5 Å². The number of non-ortho nitro benzene ring substituents is 1. The number of carbonyl (C=O) groups excluding carboxylic acids is 4. The van der Waals surface area contributed by atoms with E-state index in [-0.39, 0.29) is 35.9 Å². The van der Waals surface area contributed by atoms with Crippen LogP contribution < -0.4 is 4.90 Å². The number of amides is 2. The Hall–Kier alpha value is -7.12. The van der Waals surface area contributed by atoms with Crippen molar-refractivity contribution in [2.45, 2.75) is 36.3 Å². The molecule has 1 N–H and O–H groups in total. The lowest BCUT2D eigenvalue weighted by molar-refractivity contribution is -0.384. The van der Waals surface area contributed by atoms with Gasteiger partial charge in [-0.2, -0.15) is 0 Å². The summed E-state index contributed by atoms with van der Waals surface area (Å²) in [5.41, 5.74) is 0.519. The highest BCUT2D eigenvalue weighted by Gasteiger charge is 2.76. The zero-order chi connectivity index (χ0) is 39.8. The highest BCUT2D eigenvalue weighted by molar-refractivity contribution is 6.23. The number of benzene rings is 5. The average molecular weight is 766 g/mol. The van der Waals surface area contributed by atoms with E-state index in [2.05, 4.69) is 6.58 Å². The summed E-state index contributed by atoms with van der Waals surface area (Å²) in [6, 6.07) is 33.2. The van der Waals surface area contributed by atoms with Gasteiger partial charge in [-0.05, 0) is 58.1 Å². The lowest BCUT2D eigenvalue weighted by Crippen LogP contribution is -2.53. The Kier molecular flexibility index (Phi) is 9.59. The smallest absolute Gasteiger partial charge is 0.421 e. The molecular weight excluding hydrogens is 730 g/mol. The van der Waals surface area contributed by atoms with E-state index < -0.39 is 64.4 Å². The van der Waals surface area contributed by atoms with Crippen molar-refractivity contribution in [1.29, 1.82) is 0 Å². The minimum Gasteiger partial charge on any atom is -0.508 e. The van der Waals surface area contributed by atoms with Gasteiger partial charge in [-0.3, -0.25) is 29.4 Å². The second-order valence-electron chi connectivity index (χ2n) is 13.9. The van der Waals surface area contributed by atoms with Crippen molar-refractivity contribution in [3.8, 4) is 5.75 Å².